The van der Waals surface area contributed by atoms with Crippen molar-refractivity contribution in [1.82, 2.24) is 9.63 Å². The van der Waals surface area contributed by atoms with Crippen molar-refractivity contribution in [1.29, 1.82) is 0 Å². The Morgan fingerprint density at radius 2 is 2.12 bits per heavy atom. The van der Waals surface area contributed by atoms with Crippen molar-refractivity contribution in [2.24, 2.45) is 7.05 Å². The molecule has 0 saturated heterocycles. The largest absolute Gasteiger partial charge is 0.394 e. The second-order valence-corrected chi connectivity index (χ2v) is 7.00. The number of nitrogens with one attached hydrogen (secondary N) is 1. The molecule has 2 N–H and O–H groups in total. The fourth-order valence-corrected chi connectivity index (χ4v) is 3.22. The number of aliphatic hydroxyl groups is 1. The van der Waals surface area contributed by atoms with Gasteiger partial charge < -0.3 is 10.4 Å². The Balaban J connectivity index is 2.06. The number of hydroxylamine groups is 2. The number of halogens is 2. The van der Waals surface area contributed by atoms with Gasteiger partial charge in [-0.1, -0.05) is 0 Å². The lowest BCUT2D eigenvalue weighted by molar-refractivity contribution is -0.132. The van der Waals surface area contributed by atoms with Crippen LogP contribution < -0.4 is 10.9 Å². The molecule has 0 saturated carbocycles. The number of anilines is 2. The number of nitrogens with zero attached hydrogens (tertiary/aromatic N) is 2. The first kappa shape index (κ1) is 18.8. The van der Waals surface area contributed by atoms with E-state index in [0.29, 0.717) is 12.0 Å². The molecule has 26 heavy (non-hydrogen) atoms. The Bertz CT molecular complexity index is 916. The lowest BCUT2D eigenvalue weighted by Gasteiger charge is -2.29. The van der Waals surface area contributed by atoms with Crippen LogP contribution in [0.3, 0.4) is 0 Å². The van der Waals surface area contributed by atoms with Crippen LogP contribution in [-0.4, -0.2) is 40.4 Å². The molecule has 0 fully saturated rings. The average molecular weight is 473 g/mol. The predicted octanol–water partition coefficient (Wildman–Crippen LogP) is 1.79. The lowest BCUT2D eigenvalue weighted by atomic mass is 10.0. The van der Waals surface area contributed by atoms with Crippen molar-refractivity contribution in [3.05, 3.63) is 55.1 Å². The zero-order valence-corrected chi connectivity index (χ0v) is 16.1. The molecule has 1 aromatic heterocycles. The molecule has 9 heteroatoms. The summed E-state index contributed by atoms with van der Waals surface area (Å²) in [6, 6.07) is 6.03. The Labute approximate surface area is 162 Å². The minimum atomic E-state index is -0.487. The Kier molecular flexibility index (Phi) is 5.58. The molecule has 138 valence electrons. The van der Waals surface area contributed by atoms with E-state index in [2.05, 4.69) is 5.32 Å². The molecule has 0 bridgehead atoms. The second kappa shape index (κ2) is 7.72. The number of hydrogen-bond acceptors (Lipinski definition) is 5. The first-order valence-electron chi connectivity index (χ1n) is 7.93. The van der Waals surface area contributed by atoms with E-state index in [1.807, 2.05) is 22.6 Å². The van der Waals surface area contributed by atoms with Gasteiger partial charge in [-0.15, -0.1) is 0 Å². The molecule has 7 nitrogen and oxygen atoms in total. The van der Waals surface area contributed by atoms with E-state index in [4.69, 9.17) is 9.94 Å². The van der Waals surface area contributed by atoms with E-state index in [1.54, 1.807) is 12.1 Å². The Hall–Kier alpha value is -1.98. The first-order chi connectivity index (χ1) is 12.4. The summed E-state index contributed by atoms with van der Waals surface area (Å²) in [6.45, 7) is 0.0422. The minimum absolute atomic E-state index is 0.0125. The number of hydrogen-bond donors (Lipinski definition) is 2. The molecule has 0 unspecified atom stereocenters. The molecule has 0 atom stereocenters. The van der Waals surface area contributed by atoms with Gasteiger partial charge in [0.15, 0.2) is 0 Å². The summed E-state index contributed by atoms with van der Waals surface area (Å²) in [4.78, 5) is 30.3. The topological polar surface area (TPSA) is 83.8 Å². The number of amides is 1. The van der Waals surface area contributed by atoms with Crippen molar-refractivity contribution >= 4 is 40.0 Å². The van der Waals surface area contributed by atoms with Crippen LogP contribution in [0.1, 0.15) is 15.9 Å². The number of fused-ring (bicyclic) bond motifs is 1. The highest BCUT2D eigenvalue weighted by atomic mass is 127. The second-order valence-electron chi connectivity index (χ2n) is 5.75. The highest BCUT2D eigenvalue weighted by molar-refractivity contribution is 14.1. The van der Waals surface area contributed by atoms with Gasteiger partial charge >= 0.3 is 0 Å². The quantitative estimate of drug-likeness (QED) is 0.648. The van der Waals surface area contributed by atoms with Crippen LogP contribution in [0, 0.1) is 9.39 Å². The van der Waals surface area contributed by atoms with Gasteiger partial charge in [-0.2, -0.15) is 0 Å². The van der Waals surface area contributed by atoms with Crippen molar-refractivity contribution in [3.8, 4) is 0 Å². The molecule has 1 aliphatic rings. The van der Waals surface area contributed by atoms with Crippen LogP contribution in [0.15, 0.2) is 29.1 Å². The number of aromatic nitrogens is 1. The number of pyridine rings is 1. The molecule has 1 aliphatic heterocycles. The van der Waals surface area contributed by atoms with Crippen LogP contribution in [0.5, 0.6) is 0 Å². The number of rotatable bonds is 5. The predicted molar refractivity (Wildman–Crippen MR) is 102 cm³/mol. The Morgan fingerprint density at radius 1 is 1.35 bits per heavy atom. The Morgan fingerprint density at radius 3 is 2.81 bits per heavy atom. The van der Waals surface area contributed by atoms with Gasteiger partial charge in [0, 0.05) is 16.7 Å². The van der Waals surface area contributed by atoms with Crippen molar-refractivity contribution in [3.63, 3.8) is 0 Å². The van der Waals surface area contributed by atoms with E-state index in [-0.39, 0.29) is 42.4 Å². The SMILES string of the molecule is Cn1c(Nc2ccc(I)cc2F)c2c(cc1=O)CCN(OCCO)C2=O. The highest BCUT2D eigenvalue weighted by Crippen LogP contribution is 2.29. The number of carbonyl (C=O) groups excluding carboxylic acids is 1. The maximum Gasteiger partial charge on any atom is 0.281 e. The van der Waals surface area contributed by atoms with Crippen LogP contribution >= 0.6 is 22.6 Å². The molecule has 3 rings (SSSR count). The van der Waals surface area contributed by atoms with E-state index >= 15 is 0 Å². The van der Waals surface area contributed by atoms with Gasteiger partial charge in [0.1, 0.15) is 11.6 Å². The summed E-state index contributed by atoms with van der Waals surface area (Å²) in [5.74, 6) is -0.725. The molecular weight excluding hydrogens is 456 g/mol. The van der Waals surface area contributed by atoms with Gasteiger partial charge in [-0.05, 0) is 52.8 Å². The number of carbonyl (C=O) groups is 1. The summed E-state index contributed by atoms with van der Waals surface area (Å²) in [6.07, 6.45) is 0.423. The molecule has 0 radical (unpaired) electrons. The summed E-state index contributed by atoms with van der Waals surface area (Å²) in [5.41, 5.74) is 0.703. The normalized spacial score (nSPS) is 13.7. The van der Waals surface area contributed by atoms with Gasteiger partial charge in [-0.3, -0.25) is 19.0 Å². The third-order valence-electron chi connectivity index (χ3n) is 4.07. The third-order valence-corrected chi connectivity index (χ3v) is 4.74. The summed E-state index contributed by atoms with van der Waals surface area (Å²) in [5, 5.41) is 12.9. The third kappa shape index (κ3) is 3.60. The molecule has 1 amide bonds. The molecule has 2 heterocycles. The molecule has 0 aliphatic carbocycles. The summed E-state index contributed by atoms with van der Waals surface area (Å²) >= 11 is 2.00. The molecule has 1 aromatic carbocycles. The van der Waals surface area contributed by atoms with Crippen molar-refractivity contribution in [2.75, 3.05) is 25.1 Å². The van der Waals surface area contributed by atoms with Crippen molar-refractivity contribution < 1.29 is 19.1 Å². The van der Waals surface area contributed by atoms with E-state index in [1.165, 1.54) is 23.7 Å². The standard InChI is InChI=1S/C17H17FIN3O4/c1-21-14(24)8-10-4-5-22(26-7-6-23)17(25)15(10)16(21)20-13-3-2-11(19)9-12(13)18/h2-3,8-9,20,23H,4-7H2,1H3. The maximum atomic E-state index is 14.2. The van der Waals surface area contributed by atoms with E-state index < -0.39 is 11.7 Å². The average Bonchev–Trinajstić information content (AvgIpc) is 2.60. The van der Waals surface area contributed by atoms with Crippen molar-refractivity contribution in [2.45, 2.75) is 6.42 Å². The molecular formula is C17H17FIN3O4. The lowest BCUT2D eigenvalue weighted by Crippen LogP contribution is -2.40. The smallest absolute Gasteiger partial charge is 0.281 e. The molecule has 0 spiro atoms. The molecule has 2 aromatic rings. The van der Waals surface area contributed by atoms with E-state index in [9.17, 15) is 14.0 Å². The van der Waals surface area contributed by atoms with Gasteiger partial charge in [-0.25, -0.2) is 9.45 Å². The van der Waals surface area contributed by atoms with Gasteiger partial charge in [0.25, 0.3) is 11.5 Å². The number of benzene rings is 1. The first-order valence-corrected chi connectivity index (χ1v) is 9.01. The van der Waals surface area contributed by atoms with Crippen LogP contribution in [0.2, 0.25) is 0 Å². The zero-order chi connectivity index (χ0) is 18.8. The summed E-state index contributed by atoms with van der Waals surface area (Å²) < 4.78 is 16.2. The van der Waals surface area contributed by atoms with Crippen LogP contribution in [0.4, 0.5) is 15.9 Å². The fraction of sp³-hybridized carbons (Fsp3) is 0.294. The zero-order valence-electron chi connectivity index (χ0n) is 14.0. The fourth-order valence-electron chi connectivity index (χ4n) is 2.77. The van der Waals surface area contributed by atoms with Crippen LogP contribution in [-0.2, 0) is 18.3 Å². The maximum absolute atomic E-state index is 14.2. The highest BCUT2D eigenvalue weighted by Gasteiger charge is 2.30. The number of aliphatic hydroxyl groups excluding tert-OH is 1. The van der Waals surface area contributed by atoms with E-state index in [0.717, 1.165) is 8.63 Å². The van der Waals surface area contributed by atoms with Crippen LogP contribution in [0.25, 0.3) is 0 Å². The monoisotopic (exact) mass is 473 g/mol. The minimum Gasteiger partial charge on any atom is -0.394 e. The van der Waals surface area contributed by atoms with Gasteiger partial charge in [0.05, 0.1) is 31.0 Å². The summed E-state index contributed by atoms with van der Waals surface area (Å²) in [7, 11) is 1.51. The van der Waals surface area contributed by atoms with Gasteiger partial charge in [0.2, 0.25) is 0 Å².